The second-order valence-electron chi connectivity index (χ2n) is 5.78. The Morgan fingerprint density at radius 3 is 2.53 bits per heavy atom. The zero-order valence-corrected chi connectivity index (χ0v) is 13.0. The van der Waals surface area contributed by atoms with E-state index in [2.05, 4.69) is 24.2 Å². The molecule has 5 nitrogen and oxygen atoms in total. The lowest BCUT2D eigenvalue weighted by Gasteiger charge is -2.34. The van der Waals surface area contributed by atoms with Crippen molar-refractivity contribution in [3.8, 4) is 0 Å². The third kappa shape index (κ3) is 3.48. The van der Waals surface area contributed by atoms with E-state index in [0.29, 0.717) is 6.54 Å². The minimum Gasteiger partial charge on any atom is -0.317 e. The number of sulfonamides is 1. The van der Waals surface area contributed by atoms with Gasteiger partial charge in [0.25, 0.3) is 0 Å². The Kier molecular flexibility index (Phi) is 5.22. The van der Waals surface area contributed by atoms with Crippen molar-refractivity contribution in [1.29, 1.82) is 0 Å². The molecule has 0 spiro atoms. The van der Waals surface area contributed by atoms with Gasteiger partial charge in [-0.25, -0.2) is 8.42 Å². The zero-order chi connectivity index (χ0) is 13.9. The number of nitrogens with zero attached hydrogens (tertiary/aromatic N) is 2. The molecule has 0 saturated carbocycles. The highest BCUT2D eigenvalue weighted by Crippen LogP contribution is 2.23. The summed E-state index contributed by atoms with van der Waals surface area (Å²) in [4.78, 5) is 2.26. The summed E-state index contributed by atoms with van der Waals surface area (Å²) in [5.74, 6) is 0. The number of hydrogen-bond acceptors (Lipinski definition) is 4. The molecule has 112 valence electrons. The summed E-state index contributed by atoms with van der Waals surface area (Å²) in [6.45, 7) is 6.29. The molecule has 0 aromatic heterocycles. The van der Waals surface area contributed by atoms with E-state index in [0.717, 1.165) is 51.9 Å². The van der Waals surface area contributed by atoms with Gasteiger partial charge in [0.05, 0.1) is 5.25 Å². The number of piperidine rings is 1. The predicted octanol–water partition coefficient (Wildman–Crippen LogP) is 0.484. The Bertz CT molecular complexity index is 379. The Morgan fingerprint density at radius 1 is 1.21 bits per heavy atom. The summed E-state index contributed by atoms with van der Waals surface area (Å²) in [6, 6.07) is 0.146. The summed E-state index contributed by atoms with van der Waals surface area (Å²) >= 11 is 0. The van der Waals surface area contributed by atoms with E-state index in [4.69, 9.17) is 0 Å². The van der Waals surface area contributed by atoms with Gasteiger partial charge >= 0.3 is 0 Å². The fourth-order valence-corrected chi connectivity index (χ4v) is 5.40. The van der Waals surface area contributed by atoms with Gasteiger partial charge in [-0.05, 0) is 52.4 Å². The molecule has 2 aliphatic heterocycles. The molecule has 0 aromatic rings. The summed E-state index contributed by atoms with van der Waals surface area (Å²) < 4.78 is 27.5. The van der Waals surface area contributed by atoms with Crippen LogP contribution in [0.25, 0.3) is 0 Å². The molecule has 19 heavy (non-hydrogen) atoms. The lowest BCUT2D eigenvalue weighted by Crippen LogP contribution is -2.49. The molecule has 1 N–H and O–H groups in total. The quantitative estimate of drug-likeness (QED) is 0.821. The van der Waals surface area contributed by atoms with Gasteiger partial charge in [-0.3, -0.25) is 0 Å². The fourth-order valence-electron chi connectivity index (χ4n) is 3.17. The molecule has 0 radical (unpaired) electrons. The lowest BCUT2D eigenvalue weighted by atomic mass is 10.2. The molecule has 0 amide bonds. The predicted molar refractivity (Wildman–Crippen MR) is 77.7 cm³/mol. The summed E-state index contributed by atoms with van der Waals surface area (Å²) in [6.07, 6.45) is 3.35. The number of rotatable bonds is 3. The highest BCUT2D eigenvalue weighted by Gasteiger charge is 2.37. The van der Waals surface area contributed by atoms with Gasteiger partial charge in [0.1, 0.15) is 0 Å². The average molecular weight is 289 g/mol. The minimum atomic E-state index is -3.13. The van der Waals surface area contributed by atoms with Gasteiger partial charge in [-0.15, -0.1) is 0 Å². The van der Waals surface area contributed by atoms with E-state index in [1.807, 2.05) is 4.31 Å². The average Bonchev–Trinajstić information content (AvgIpc) is 2.61. The number of hydrogen-bond donors (Lipinski definition) is 1. The van der Waals surface area contributed by atoms with E-state index in [9.17, 15) is 8.42 Å². The molecule has 2 aliphatic rings. The minimum absolute atomic E-state index is 0.146. The van der Waals surface area contributed by atoms with Crippen molar-refractivity contribution in [2.24, 2.45) is 0 Å². The molecule has 1 atom stereocenters. The van der Waals surface area contributed by atoms with E-state index in [1.165, 1.54) is 0 Å². The molecular weight excluding hydrogens is 262 g/mol. The first-order valence-corrected chi connectivity index (χ1v) is 8.96. The second-order valence-corrected chi connectivity index (χ2v) is 7.95. The van der Waals surface area contributed by atoms with Crippen LogP contribution in [-0.4, -0.2) is 68.7 Å². The van der Waals surface area contributed by atoms with Crippen LogP contribution in [0.3, 0.4) is 0 Å². The van der Waals surface area contributed by atoms with Gasteiger partial charge in [-0.1, -0.05) is 6.92 Å². The van der Waals surface area contributed by atoms with Gasteiger partial charge < -0.3 is 10.2 Å². The first-order chi connectivity index (χ1) is 9.05. The van der Waals surface area contributed by atoms with Crippen LogP contribution in [0, 0.1) is 0 Å². The summed E-state index contributed by atoms with van der Waals surface area (Å²) in [5.41, 5.74) is 0. The maximum atomic E-state index is 12.8. The molecule has 2 heterocycles. The zero-order valence-electron chi connectivity index (χ0n) is 12.1. The van der Waals surface area contributed by atoms with Crippen molar-refractivity contribution in [2.75, 3.05) is 39.8 Å². The molecule has 0 bridgehead atoms. The van der Waals surface area contributed by atoms with Gasteiger partial charge in [0.2, 0.25) is 10.0 Å². The van der Waals surface area contributed by atoms with Crippen LogP contribution in [0.5, 0.6) is 0 Å². The fraction of sp³-hybridized carbons (Fsp3) is 1.00. The highest BCUT2D eigenvalue weighted by atomic mass is 32.2. The van der Waals surface area contributed by atoms with Crippen molar-refractivity contribution in [3.05, 3.63) is 0 Å². The smallest absolute Gasteiger partial charge is 0.217 e. The normalized spacial score (nSPS) is 29.3. The van der Waals surface area contributed by atoms with E-state index in [1.54, 1.807) is 0 Å². The van der Waals surface area contributed by atoms with Crippen molar-refractivity contribution in [1.82, 2.24) is 14.5 Å². The molecule has 2 fully saturated rings. The van der Waals surface area contributed by atoms with E-state index in [-0.39, 0.29) is 11.3 Å². The van der Waals surface area contributed by atoms with Crippen LogP contribution in [0.4, 0.5) is 0 Å². The van der Waals surface area contributed by atoms with E-state index >= 15 is 0 Å². The van der Waals surface area contributed by atoms with Crippen molar-refractivity contribution in [2.45, 2.75) is 43.9 Å². The Balaban J connectivity index is 2.16. The molecule has 0 aliphatic carbocycles. The number of nitrogens with one attached hydrogen (secondary N) is 1. The monoisotopic (exact) mass is 289 g/mol. The Labute approximate surface area is 117 Å². The van der Waals surface area contributed by atoms with Crippen LogP contribution in [-0.2, 0) is 10.0 Å². The molecular formula is C13H27N3O2S. The third-order valence-electron chi connectivity index (χ3n) is 4.35. The Hall–Kier alpha value is -0.170. The molecule has 0 aromatic carbocycles. The maximum absolute atomic E-state index is 12.8. The Morgan fingerprint density at radius 2 is 1.89 bits per heavy atom. The maximum Gasteiger partial charge on any atom is 0.217 e. The largest absolute Gasteiger partial charge is 0.317 e. The molecule has 1 unspecified atom stereocenters. The lowest BCUT2D eigenvalue weighted by molar-refractivity contribution is 0.267. The number of likely N-dealkylation sites (N-methyl/N-ethyl adjacent to an activating group) is 1. The van der Waals surface area contributed by atoms with Crippen molar-refractivity contribution >= 4 is 10.0 Å². The van der Waals surface area contributed by atoms with Crippen LogP contribution < -0.4 is 5.32 Å². The first-order valence-electron chi connectivity index (χ1n) is 7.45. The van der Waals surface area contributed by atoms with Gasteiger partial charge in [0, 0.05) is 19.1 Å². The first kappa shape index (κ1) is 15.2. The van der Waals surface area contributed by atoms with Crippen LogP contribution >= 0.6 is 0 Å². The highest BCUT2D eigenvalue weighted by molar-refractivity contribution is 7.89. The van der Waals surface area contributed by atoms with Crippen LogP contribution in [0.2, 0.25) is 0 Å². The van der Waals surface area contributed by atoms with Gasteiger partial charge in [0.15, 0.2) is 0 Å². The topological polar surface area (TPSA) is 52.7 Å². The summed E-state index contributed by atoms with van der Waals surface area (Å²) in [5, 5.41) is 3.07. The third-order valence-corrected chi connectivity index (χ3v) is 6.80. The van der Waals surface area contributed by atoms with Crippen molar-refractivity contribution in [3.63, 3.8) is 0 Å². The van der Waals surface area contributed by atoms with Gasteiger partial charge in [-0.2, -0.15) is 4.31 Å². The SMILES string of the molecule is CCC1CN(C)CCCN1S(=O)(=O)C1CCNCC1. The van der Waals surface area contributed by atoms with Crippen molar-refractivity contribution < 1.29 is 8.42 Å². The van der Waals surface area contributed by atoms with E-state index < -0.39 is 10.0 Å². The molecule has 2 saturated heterocycles. The summed E-state index contributed by atoms with van der Waals surface area (Å²) in [7, 11) is -1.04. The van der Waals surface area contributed by atoms with Crippen LogP contribution in [0.1, 0.15) is 32.6 Å². The van der Waals surface area contributed by atoms with Crippen LogP contribution in [0.15, 0.2) is 0 Å². The standard InChI is InChI=1S/C13H27N3O2S/c1-3-12-11-15(2)9-4-10-16(12)19(17,18)13-5-7-14-8-6-13/h12-14H,3-11H2,1-2H3. The molecule has 2 rings (SSSR count). The second kappa shape index (κ2) is 6.52. The molecule has 6 heteroatoms.